The van der Waals surface area contributed by atoms with Gasteiger partial charge in [-0.3, -0.25) is 4.79 Å². The number of hydrogen-bond donors (Lipinski definition) is 3. The van der Waals surface area contributed by atoms with Crippen LogP contribution in [-0.4, -0.2) is 22.0 Å². The summed E-state index contributed by atoms with van der Waals surface area (Å²) in [4.78, 5) is 26.3. The first kappa shape index (κ1) is 17.5. The van der Waals surface area contributed by atoms with Crippen LogP contribution in [-0.2, 0) is 0 Å². The molecule has 5 nitrogen and oxygen atoms in total. The van der Waals surface area contributed by atoms with Crippen molar-refractivity contribution in [1.29, 1.82) is 0 Å². The number of carboxylic acids is 1. The molecule has 0 bridgehead atoms. The smallest absolute Gasteiger partial charge is 0.335 e. The first-order chi connectivity index (χ1) is 13.4. The molecule has 0 aliphatic carbocycles. The lowest BCUT2D eigenvalue weighted by Crippen LogP contribution is -2.10. The van der Waals surface area contributed by atoms with E-state index in [1.165, 1.54) is 0 Å². The Balaban J connectivity index is 1.85. The average Bonchev–Trinajstić information content (AvgIpc) is 3.11. The lowest BCUT2D eigenvalue weighted by molar-refractivity contribution is 0.0696. The SMILES string of the molecule is Cc1ccc2[nH]c(-c3cc(C(=O)O)cc(-c4ccc(C(N)=O)cc4)c3)cc2c1. The average molecular weight is 370 g/mol. The summed E-state index contributed by atoms with van der Waals surface area (Å²) in [7, 11) is 0. The molecule has 4 rings (SSSR count). The number of benzene rings is 3. The van der Waals surface area contributed by atoms with E-state index in [4.69, 9.17) is 5.73 Å². The first-order valence-electron chi connectivity index (χ1n) is 8.79. The minimum atomic E-state index is -0.996. The van der Waals surface area contributed by atoms with Crippen LogP contribution in [0.1, 0.15) is 26.3 Å². The maximum atomic E-state index is 11.7. The molecule has 138 valence electrons. The lowest BCUT2D eigenvalue weighted by Gasteiger charge is -2.08. The quantitative estimate of drug-likeness (QED) is 0.489. The largest absolute Gasteiger partial charge is 0.478 e. The van der Waals surface area contributed by atoms with Crippen LogP contribution in [0.2, 0.25) is 0 Å². The van der Waals surface area contributed by atoms with Gasteiger partial charge in [-0.05, 0) is 72.1 Å². The number of carbonyl (C=O) groups excluding carboxylic acids is 1. The molecular weight excluding hydrogens is 352 g/mol. The topological polar surface area (TPSA) is 96.2 Å². The van der Waals surface area contributed by atoms with Crippen molar-refractivity contribution >= 4 is 22.8 Å². The molecule has 0 radical (unpaired) electrons. The summed E-state index contributed by atoms with van der Waals surface area (Å²) in [5, 5.41) is 10.6. The standard InChI is InChI=1S/C23H18N2O3/c1-13-2-7-20-17(8-13)12-21(25-20)18-9-16(10-19(11-18)23(27)28)14-3-5-15(6-4-14)22(24)26/h2-12,25H,1H3,(H2,24,26)(H,27,28). The van der Waals surface area contributed by atoms with Crippen molar-refractivity contribution < 1.29 is 14.7 Å². The molecule has 1 amide bonds. The number of nitrogens with one attached hydrogen (secondary N) is 1. The minimum absolute atomic E-state index is 0.196. The van der Waals surface area contributed by atoms with Crippen molar-refractivity contribution in [3.8, 4) is 22.4 Å². The number of fused-ring (bicyclic) bond motifs is 1. The van der Waals surface area contributed by atoms with Crippen molar-refractivity contribution in [3.63, 3.8) is 0 Å². The van der Waals surface area contributed by atoms with Gasteiger partial charge < -0.3 is 15.8 Å². The summed E-state index contributed by atoms with van der Waals surface area (Å²) in [6.45, 7) is 2.03. The molecule has 4 aromatic rings. The fraction of sp³-hybridized carbons (Fsp3) is 0.0435. The van der Waals surface area contributed by atoms with Gasteiger partial charge in [0, 0.05) is 22.2 Å². The monoisotopic (exact) mass is 370 g/mol. The number of carbonyl (C=O) groups is 2. The summed E-state index contributed by atoms with van der Waals surface area (Å²) in [5.41, 5.74) is 11.2. The van der Waals surface area contributed by atoms with Gasteiger partial charge in [-0.2, -0.15) is 0 Å². The van der Waals surface area contributed by atoms with Crippen LogP contribution in [0.4, 0.5) is 0 Å². The lowest BCUT2D eigenvalue weighted by atomic mass is 9.97. The number of primary amides is 1. The van der Waals surface area contributed by atoms with E-state index in [0.717, 1.165) is 38.9 Å². The number of rotatable bonds is 4. The molecular formula is C23H18N2O3. The molecule has 0 aliphatic rings. The van der Waals surface area contributed by atoms with Crippen LogP contribution in [0.3, 0.4) is 0 Å². The van der Waals surface area contributed by atoms with Crippen LogP contribution < -0.4 is 5.73 Å². The Morgan fingerprint density at radius 1 is 0.821 bits per heavy atom. The molecule has 0 unspecified atom stereocenters. The molecule has 3 aromatic carbocycles. The zero-order valence-electron chi connectivity index (χ0n) is 15.2. The third-order valence-corrected chi connectivity index (χ3v) is 4.77. The Hall–Kier alpha value is -3.86. The number of aryl methyl sites for hydroxylation is 1. The van der Waals surface area contributed by atoms with E-state index in [2.05, 4.69) is 11.1 Å². The summed E-state index contributed by atoms with van der Waals surface area (Å²) >= 11 is 0. The molecule has 0 saturated carbocycles. The molecule has 0 aliphatic heterocycles. The molecule has 0 saturated heterocycles. The van der Waals surface area contributed by atoms with E-state index < -0.39 is 11.9 Å². The van der Waals surface area contributed by atoms with Crippen molar-refractivity contribution in [1.82, 2.24) is 4.98 Å². The van der Waals surface area contributed by atoms with Gasteiger partial charge in [0.25, 0.3) is 0 Å². The number of nitrogens with two attached hydrogens (primary N) is 1. The highest BCUT2D eigenvalue weighted by molar-refractivity contribution is 5.95. The zero-order valence-corrected chi connectivity index (χ0v) is 15.2. The number of carboxylic acid groups (broad SMARTS) is 1. The molecule has 0 spiro atoms. The van der Waals surface area contributed by atoms with Crippen LogP contribution >= 0.6 is 0 Å². The molecule has 4 N–H and O–H groups in total. The second-order valence-corrected chi connectivity index (χ2v) is 6.82. The fourth-order valence-electron chi connectivity index (χ4n) is 3.31. The van der Waals surface area contributed by atoms with E-state index in [1.54, 1.807) is 36.4 Å². The van der Waals surface area contributed by atoms with Gasteiger partial charge in [-0.15, -0.1) is 0 Å². The molecule has 0 fully saturated rings. The van der Waals surface area contributed by atoms with Crippen molar-refractivity contribution in [3.05, 3.63) is 83.4 Å². The predicted molar refractivity (Wildman–Crippen MR) is 109 cm³/mol. The van der Waals surface area contributed by atoms with Gasteiger partial charge in [-0.1, -0.05) is 23.8 Å². The highest BCUT2D eigenvalue weighted by Crippen LogP contribution is 2.30. The maximum Gasteiger partial charge on any atom is 0.335 e. The Morgan fingerprint density at radius 2 is 1.54 bits per heavy atom. The van der Waals surface area contributed by atoms with E-state index in [-0.39, 0.29) is 5.56 Å². The van der Waals surface area contributed by atoms with E-state index in [1.807, 2.05) is 31.2 Å². The van der Waals surface area contributed by atoms with Crippen LogP contribution in [0.15, 0.2) is 66.7 Å². The van der Waals surface area contributed by atoms with Gasteiger partial charge in [0.1, 0.15) is 0 Å². The fourth-order valence-corrected chi connectivity index (χ4v) is 3.31. The van der Waals surface area contributed by atoms with Gasteiger partial charge in [0.15, 0.2) is 0 Å². The van der Waals surface area contributed by atoms with Gasteiger partial charge >= 0.3 is 5.97 Å². The van der Waals surface area contributed by atoms with E-state index in [0.29, 0.717) is 5.56 Å². The third kappa shape index (κ3) is 3.25. The Labute approximate surface area is 161 Å². The second kappa shape index (κ2) is 6.70. The minimum Gasteiger partial charge on any atom is -0.478 e. The van der Waals surface area contributed by atoms with Gasteiger partial charge in [0.05, 0.1) is 5.56 Å². The van der Waals surface area contributed by atoms with E-state index >= 15 is 0 Å². The van der Waals surface area contributed by atoms with E-state index in [9.17, 15) is 14.7 Å². The van der Waals surface area contributed by atoms with Crippen molar-refractivity contribution in [2.45, 2.75) is 6.92 Å². The Bertz CT molecular complexity index is 1220. The maximum absolute atomic E-state index is 11.7. The number of H-pyrrole nitrogens is 1. The third-order valence-electron chi connectivity index (χ3n) is 4.77. The highest BCUT2D eigenvalue weighted by Gasteiger charge is 2.12. The molecule has 28 heavy (non-hydrogen) atoms. The van der Waals surface area contributed by atoms with Crippen LogP contribution in [0, 0.1) is 6.92 Å². The summed E-state index contributed by atoms with van der Waals surface area (Å²) in [6, 6.07) is 20.2. The first-order valence-corrected chi connectivity index (χ1v) is 8.79. The molecule has 1 heterocycles. The number of hydrogen-bond acceptors (Lipinski definition) is 2. The predicted octanol–water partition coefficient (Wildman–Crippen LogP) is 4.61. The molecule has 0 atom stereocenters. The summed E-state index contributed by atoms with van der Waals surface area (Å²) < 4.78 is 0. The van der Waals surface area contributed by atoms with Gasteiger partial charge in [-0.25, -0.2) is 4.79 Å². The zero-order chi connectivity index (χ0) is 19.8. The van der Waals surface area contributed by atoms with Crippen molar-refractivity contribution in [2.24, 2.45) is 5.73 Å². The number of aromatic nitrogens is 1. The van der Waals surface area contributed by atoms with Gasteiger partial charge in [0.2, 0.25) is 5.91 Å². The highest BCUT2D eigenvalue weighted by atomic mass is 16.4. The van der Waals surface area contributed by atoms with Crippen LogP contribution in [0.25, 0.3) is 33.3 Å². The van der Waals surface area contributed by atoms with Crippen LogP contribution in [0.5, 0.6) is 0 Å². The number of aromatic carboxylic acids is 1. The molecule has 1 aromatic heterocycles. The molecule has 5 heteroatoms. The Kier molecular flexibility index (Phi) is 4.20. The summed E-state index contributed by atoms with van der Waals surface area (Å²) in [5.74, 6) is -1.50. The Morgan fingerprint density at radius 3 is 2.21 bits per heavy atom. The number of amides is 1. The normalized spacial score (nSPS) is 10.9. The van der Waals surface area contributed by atoms with Crippen molar-refractivity contribution in [2.75, 3.05) is 0 Å². The number of aromatic amines is 1. The summed E-state index contributed by atoms with van der Waals surface area (Å²) in [6.07, 6.45) is 0. The second-order valence-electron chi connectivity index (χ2n) is 6.82.